The summed E-state index contributed by atoms with van der Waals surface area (Å²) in [7, 11) is 1.65. The number of methoxy groups -OCH3 is 1. The SMILES string of the molecule is COc1ccc(CN2CC(C(=O)NC(C)C34CC5CC(CC(C5)C3)C4)CC2=O)cc1. The molecule has 1 aromatic rings. The fourth-order valence-electron chi connectivity index (χ4n) is 7.24. The Morgan fingerprint density at radius 1 is 1.13 bits per heavy atom. The van der Waals surface area contributed by atoms with E-state index in [9.17, 15) is 9.59 Å². The van der Waals surface area contributed by atoms with Gasteiger partial charge in [0.15, 0.2) is 0 Å². The molecule has 1 aromatic carbocycles. The van der Waals surface area contributed by atoms with Gasteiger partial charge in [0.1, 0.15) is 5.75 Å². The number of nitrogens with one attached hydrogen (secondary N) is 1. The topological polar surface area (TPSA) is 58.6 Å². The van der Waals surface area contributed by atoms with Gasteiger partial charge in [0, 0.05) is 25.6 Å². The molecular weight excluding hydrogens is 376 g/mol. The van der Waals surface area contributed by atoms with Crippen LogP contribution in [0.2, 0.25) is 0 Å². The molecule has 1 N–H and O–H groups in total. The number of ether oxygens (including phenoxy) is 1. The van der Waals surface area contributed by atoms with Gasteiger partial charge in [-0.1, -0.05) is 12.1 Å². The molecule has 0 radical (unpaired) electrons. The Kier molecular flexibility index (Phi) is 5.03. The maximum Gasteiger partial charge on any atom is 0.225 e. The van der Waals surface area contributed by atoms with Gasteiger partial charge in [0.25, 0.3) is 0 Å². The lowest BCUT2D eigenvalue weighted by Gasteiger charge is -2.59. The van der Waals surface area contributed by atoms with Crippen LogP contribution in [0.3, 0.4) is 0 Å². The quantitative estimate of drug-likeness (QED) is 0.777. The Morgan fingerprint density at radius 3 is 2.30 bits per heavy atom. The second kappa shape index (κ2) is 7.58. The zero-order chi connectivity index (χ0) is 20.9. The minimum absolute atomic E-state index is 0.0730. The number of hydrogen-bond donors (Lipinski definition) is 1. The average molecular weight is 411 g/mol. The van der Waals surface area contributed by atoms with E-state index in [4.69, 9.17) is 4.74 Å². The first-order valence-corrected chi connectivity index (χ1v) is 11.6. The van der Waals surface area contributed by atoms with Crippen LogP contribution in [0, 0.1) is 29.1 Å². The van der Waals surface area contributed by atoms with Gasteiger partial charge < -0.3 is 15.0 Å². The Labute approximate surface area is 179 Å². The third-order valence-electron chi connectivity index (χ3n) is 8.48. The van der Waals surface area contributed by atoms with Gasteiger partial charge in [0.2, 0.25) is 11.8 Å². The molecule has 2 unspecified atom stereocenters. The number of carbonyl (C=O) groups excluding carboxylic acids is 2. The van der Waals surface area contributed by atoms with Crippen LogP contribution in [-0.4, -0.2) is 36.4 Å². The minimum Gasteiger partial charge on any atom is -0.497 e. The summed E-state index contributed by atoms with van der Waals surface area (Å²) in [6.07, 6.45) is 8.43. The number of carbonyl (C=O) groups is 2. The smallest absolute Gasteiger partial charge is 0.225 e. The first-order chi connectivity index (χ1) is 14.4. The molecule has 0 spiro atoms. The molecule has 30 heavy (non-hydrogen) atoms. The second-order valence-electron chi connectivity index (χ2n) is 10.5. The lowest BCUT2D eigenvalue weighted by atomic mass is 9.48. The third kappa shape index (κ3) is 3.61. The van der Waals surface area contributed by atoms with Gasteiger partial charge in [-0.15, -0.1) is 0 Å². The molecule has 1 aliphatic heterocycles. The monoisotopic (exact) mass is 410 g/mol. The fourth-order valence-corrected chi connectivity index (χ4v) is 7.24. The summed E-state index contributed by atoms with van der Waals surface area (Å²) in [4.78, 5) is 27.4. The summed E-state index contributed by atoms with van der Waals surface area (Å²) in [5.74, 6) is 3.36. The van der Waals surface area contributed by atoms with E-state index in [1.165, 1.54) is 38.5 Å². The summed E-state index contributed by atoms with van der Waals surface area (Å²) < 4.78 is 5.20. The van der Waals surface area contributed by atoms with Crippen molar-refractivity contribution in [2.24, 2.45) is 29.1 Å². The van der Waals surface area contributed by atoms with Gasteiger partial charge in [-0.3, -0.25) is 9.59 Å². The van der Waals surface area contributed by atoms with E-state index < -0.39 is 0 Å². The van der Waals surface area contributed by atoms with Crippen molar-refractivity contribution in [2.75, 3.05) is 13.7 Å². The number of rotatable bonds is 6. The number of nitrogens with zero attached hydrogens (tertiary/aromatic N) is 1. The van der Waals surface area contributed by atoms with Crippen LogP contribution in [0.5, 0.6) is 5.75 Å². The molecule has 162 valence electrons. The molecule has 4 bridgehead atoms. The van der Waals surface area contributed by atoms with Crippen molar-refractivity contribution >= 4 is 11.8 Å². The molecule has 4 saturated carbocycles. The van der Waals surface area contributed by atoms with Crippen LogP contribution in [-0.2, 0) is 16.1 Å². The summed E-state index contributed by atoms with van der Waals surface area (Å²) in [6, 6.07) is 7.99. The normalized spacial score (nSPS) is 35.5. The van der Waals surface area contributed by atoms with Crippen molar-refractivity contribution in [1.29, 1.82) is 0 Å². The molecule has 2 atom stereocenters. The Balaban J connectivity index is 1.19. The molecule has 5 fully saturated rings. The van der Waals surface area contributed by atoms with Gasteiger partial charge in [0.05, 0.1) is 13.0 Å². The van der Waals surface area contributed by atoms with Crippen molar-refractivity contribution in [1.82, 2.24) is 10.2 Å². The van der Waals surface area contributed by atoms with E-state index in [0.29, 0.717) is 24.9 Å². The largest absolute Gasteiger partial charge is 0.497 e. The molecule has 1 heterocycles. The number of hydrogen-bond acceptors (Lipinski definition) is 3. The molecule has 4 aliphatic carbocycles. The molecule has 6 rings (SSSR count). The Bertz CT molecular complexity index is 783. The second-order valence-corrected chi connectivity index (χ2v) is 10.5. The Morgan fingerprint density at radius 2 is 1.73 bits per heavy atom. The van der Waals surface area contributed by atoms with Gasteiger partial charge in [-0.25, -0.2) is 0 Å². The predicted octanol–water partition coefficient (Wildman–Crippen LogP) is 3.76. The third-order valence-corrected chi connectivity index (χ3v) is 8.48. The van der Waals surface area contributed by atoms with Crippen LogP contribution >= 0.6 is 0 Å². The van der Waals surface area contributed by atoms with Crippen LogP contribution in [0.4, 0.5) is 0 Å². The van der Waals surface area contributed by atoms with Crippen molar-refractivity contribution in [2.45, 2.75) is 64.5 Å². The van der Waals surface area contributed by atoms with Gasteiger partial charge in [-0.2, -0.15) is 0 Å². The van der Waals surface area contributed by atoms with Crippen LogP contribution in [0.1, 0.15) is 57.4 Å². The van der Waals surface area contributed by atoms with Crippen LogP contribution in [0.15, 0.2) is 24.3 Å². The highest BCUT2D eigenvalue weighted by Gasteiger charge is 2.53. The van der Waals surface area contributed by atoms with E-state index in [2.05, 4.69) is 12.2 Å². The average Bonchev–Trinajstić information content (AvgIpc) is 3.08. The summed E-state index contributed by atoms with van der Waals surface area (Å²) in [6.45, 7) is 3.29. The fraction of sp³-hybridized carbons (Fsp3) is 0.680. The van der Waals surface area contributed by atoms with Crippen LogP contribution < -0.4 is 10.1 Å². The van der Waals surface area contributed by atoms with Crippen molar-refractivity contribution in [3.63, 3.8) is 0 Å². The maximum absolute atomic E-state index is 13.1. The molecule has 5 aliphatic rings. The molecule has 5 nitrogen and oxygen atoms in total. The van der Waals surface area contributed by atoms with E-state index in [0.717, 1.165) is 29.1 Å². The van der Waals surface area contributed by atoms with E-state index in [-0.39, 0.29) is 23.8 Å². The number of benzene rings is 1. The molecule has 2 amide bonds. The highest BCUT2D eigenvalue weighted by Crippen LogP contribution is 2.61. The molecule has 0 aromatic heterocycles. The molecule has 5 heteroatoms. The van der Waals surface area contributed by atoms with Gasteiger partial charge in [-0.05, 0) is 86.3 Å². The number of likely N-dealkylation sites (tertiary alicyclic amines) is 1. The summed E-state index contributed by atoms with van der Waals surface area (Å²) in [5, 5.41) is 3.36. The van der Waals surface area contributed by atoms with Gasteiger partial charge >= 0.3 is 0 Å². The molecule has 1 saturated heterocycles. The van der Waals surface area contributed by atoms with E-state index in [1.807, 2.05) is 29.2 Å². The van der Waals surface area contributed by atoms with Crippen molar-refractivity contribution in [3.05, 3.63) is 29.8 Å². The highest BCUT2D eigenvalue weighted by molar-refractivity contribution is 5.89. The molecular formula is C25H34N2O3. The summed E-state index contributed by atoms with van der Waals surface area (Å²) in [5.41, 5.74) is 1.36. The first-order valence-electron chi connectivity index (χ1n) is 11.6. The zero-order valence-corrected chi connectivity index (χ0v) is 18.2. The van der Waals surface area contributed by atoms with Crippen molar-refractivity contribution in [3.8, 4) is 5.75 Å². The Hall–Kier alpha value is -2.04. The standard InChI is InChI=1S/C25H34N2O3/c1-16(25-11-18-7-19(12-25)9-20(8-18)13-25)26-24(29)21-10-23(28)27(15-21)14-17-3-5-22(30-2)6-4-17/h3-6,16,18-21H,7-15H2,1-2H3,(H,26,29). The van der Waals surface area contributed by atoms with E-state index >= 15 is 0 Å². The predicted molar refractivity (Wildman–Crippen MR) is 115 cm³/mol. The zero-order valence-electron chi connectivity index (χ0n) is 18.2. The highest BCUT2D eigenvalue weighted by atomic mass is 16.5. The first kappa shape index (κ1) is 19.9. The van der Waals surface area contributed by atoms with Crippen molar-refractivity contribution < 1.29 is 14.3 Å². The maximum atomic E-state index is 13.1. The lowest BCUT2D eigenvalue weighted by molar-refractivity contribution is -0.131. The lowest BCUT2D eigenvalue weighted by Crippen LogP contribution is -2.56. The van der Waals surface area contributed by atoms with Crippen LogP contribution in [0.25, 0.3) is 0 Å². The minimum atomic E-state index is -0.230. The summed E-state index contributed by atoms with van der Waals surface area (Å²) >= 11 is 0. The number of amides is 2. The van der Waals surface area contributed by atoms with E-state index in [1.54, 1.807) is 7.11 Å².